The van der Waals surface area contributed by atoms with Gasteiger partial charge in [-0.3, -0.25) is 14.3 Å². The van der Waals surface area contributed by atoms with Gasteiger partial charge in [-0.25, -0.2) is 4.98 Å². The minimum atomic E-state index is -0.230. The summed E-state index contributed by atoms with van der Waals surface area (Å²) in [6.45, 7) is 4.39. The number of fused-ring (bicyclic) bond motifs is 2. The lowest BCUT2D eigenvalue weighted by molar-refractivity contribution is 0.174. The van der Waals surface area contributed by atoms with Crippen molar-refractivity contribution in [2.75, 3.05) is 13.3 Å². The van der Waals surface area contributed by atoms with Crippen LogP contribution in [-0.2, 0) is 19.5 Å². The van der Waals surface area contributed by atoms with Crippen molar-refractivity contribution in [2.45, 2.75) is 32.5 Å². The van der Waals surface area contributed by atoms with Crippen LogP contribution in [0.15, 0.2) is 83.7 Å². The quantitative estimate of drug-likeness (QED) is 0.435. The maximum absolute atomic E-state index is 14.0. The van der Waals surface area contributed by atoms with E-state index in [2.05, 4.69) is 35.2 Å². The van der Waals surface area contributed by atoms with Crippen LogP contribution < -0.4 is 15.0 Å². The van der Waals surface area contributed by atoms with E-state index in [1.165, 1.54) is 0 Å². The van der Waals surface area contributed by atoms with Crippen molar-refractivity contribution in [2.24, 2.45) is 0 Å². The fraction of sp³-hybridized carbons (Fsp3) is 0.241. The molecule has 0 atom stereocenters. The number of aromatic nitrogens is 2. The first kappa shape index (κ1) is 21.6. The summed E-state index contributed by atoms with van der Waals surface area (Å²) in [6.07, 6.45) is 0.762. The topological polar surface area (TPSA) is 56.6 Å². The molecule has 4 aromatic rings. The predicted molar refractivity (Wildman–Crippen MR) is 134 cm³/mol. The van der Waals surface area contributed by atoms with Gasteiger partial charge in [0.25, 0.3) is 5.56 Å². The number of rotatable bonds is 5. The summed E-state index contributed by atoms with van der Waals surface area (Å²) in [7, 11) is 0. The van der Waals surface area contributed by atoms with Crippen molar-refractivity contribution in [3.8, 4) is 11.5 Å². The second-order valence-electron chi connectivity index (χ2n) is 9.13. The average molecular weight is 466 g/mol. The molecule has 0 N–H and O–H groups in total. The van der Waals surface area contributed by atoms with Crippen LogP contribution in [0.5, 0.6) is 11.5 Å². The summed E-state index contributed by atoms with van der Waals surface area (Å²) >= 11 is 0. The normalized spacial score (nSPS) is 14.8. The third-order valence-corrected chi connectivity index (χ3v) is 6.85. The van der Waals surface area contributed by atoms with Crippen LogP contribution >= 0.6 is 0 Å². The summed E-state index contributed by atoms with van der Waals surface area (Å²) in [5, 5.41) is 0. The van der Waals surface area contributed by atoms with E-state index in [9.17, 15) is 4.79 Å². The number of hydrogen-bond donors (Lipinski definition) is 0. The zero-order chi connectivity index (χ0) is 23.8. The first-order chi connectivity index (χ1) is 17.2. The van der Waals surface area contributed by atoms with Crippen molar-refractivity contribution in [3.63, 3.8) is 0 Å². The van der Waals surface area contributed by atoms with E-state index in [0.29, 0.717) is 6.54 Å². The highest BCUT2D eigenvalue weighted by Gasteiger charge is 2.27. The van der Waals surface area contributed by atoms with Gasteiger partial charge in [0, 0.05) is 26.1 Å². The second-order valence-corrected chi connectivity index (χ2v) is 9.13. The molecule has 0 fully saturated rings. The van der Waals surface area contributed by atoms with Crippen LogP contribution in [0.2, 0.25) is 0 Å². The maximum atomic E-state index is 14.0. The van der Waals surface area contributed by atoms with Crippen LogP contribution in [-0.4, -0.2) is 27.8 Å². The van der Waals surface area contributed by atoms with Crippen LogP contribution in [0.4, 0.5) is 0 Å². The van der Waals surface area contributed by atoms with Crippen LogP contribution in [0, 0.1) is 6.92 Å². The van der Waals surface area contributed by atoms with E-state index in [1.807, 2.05) is 60.0 Å². The SMILES string of the molecule is Cc1nc2c(c(=O)n1C(c1ccccc1)c1ccccc1)CN(Cc1ccc3c(c1)OCO3)CC2. The molecule has 0 unspecified atom stereocenters. The van der Waals surface area contributed by atoms with Gasteiger partial charge in [-0.2, -0.15) is 0 Å². The molecule has 0 saturated carbocycles. The molecule has 6 rings (SSSR count). The molecular weight excluding hydrogens is 438 g/mol. The predicted octanol–water partition coefficient (Wildman–Crippen LogP) is 4.48. The number of benzene rings is 3. The summed E-state index contributed by atoms with van der Waals surface area (Å²) in [5.41, 5.74) is 5.03. The van der Waals surface area contributed by atoms with Crippen LogP contribution in [0.1, 0.15) is 39.8 Å². The molecule has 3 heterocycles. The Morgan fingerprint density at radius 1 is 0.914 bits per heavy atom. The largest absolute Gasteiger partial charge is 0.454 e. The second kappa shape index (κ2) is 9.04. The van der Waals surface area contributed by atoms with Gasteiger partial charge in [-0.15, -0.1) is 0 Å². The highest BCUT2D eigenvalue weighted by atomic mass is 16.7. The van der Waals surface area contributed by atoms with Crippen molar-refractivity contribution in [1.82, 2.24) is 14.5 Å². The molecule has 0 radical (unpaired) electrons. The number of hydrogen-bond acceptors (Lipinski definition) is 5. The average Bonchev–Trinajstić information content (AvgIpc) is 3.36. The Morgan fingerprint density at radius 2 is 1.60 bits per heavy atom. The minimum absolute atomic E-state index is 0.0422. The Labute approximate surface area is 204 Å². The van der Waals surface area contributed by atoms with E-state index < -0.39 is 0 Å². The van der Waals surface area contributed by atoms with Crippen LogP contribution in [0.25, 0.3) is 0 Å². The standard InChI is InChI=1S/C29H27N3O3/c1-20-30-25-14-15-31(17-21-12-13-26-27(16-21)35-19-34-26)18-24(25)29(33)32(20)28(22-8-4-2-5-9-22)23-10-6-3-7-11-23/h2-13,16,28H,14-15,17-19H2,1H3. The Kier molecular flexibility index (Phi) is 5.58. The van der Waals surface area contributed by atoms with Gasteiger partial charge in [0.1, 0.15) is 5.82 Å². The van der Waals surface area contributed by atoms with Gasteiger partial charge >= 0.3 is 0 Å². The summed E-state index contributed by atoms with van der Waals surface area (Å²) in [6, 6.07) is 26.2. The number of nitrogens with zero attached hydrogens (tertiary/aromatic N) is 3. The summed E-state index contributed by atoms with van der Waals surface area (Å²) in [5.74, 6) is 2.32. The molecule has 3 aromatic carbocycles. The molecule has 6 heteroatoms. The van der Waals surface area contributed by atoms with Gasteiger partial charge in [-0.1, -0.05) is 66.7 Å². The van der Waals surface area contributed by atoms with E-state index in [-0.39, 0.29) is 18.4 Å². The van der Waals surface area contributed by atoms with E-state index >= 15 is 0 Å². The summed E-state index contributed by atoms with van der Waals surface area (Å²) in [4.78, 5) is 21.3. The zero-order valence-corrected chi connectivity index (χ0v) is 19.7. The van der Waals surface area contributed by atoms with Crippen molar-refractivity contribution in [3.05, 3.63) is 123 Å². The maximum Gasteiger partial charge on any atom is 0.259 e. The fourth-order valence-electron chi connectivity index (χ4n) is 5.16. The Bertz CT molecular complexity index is 1380. The molecule has 0 amide bonds. The van der Waals surface area contributed by atoms with Crippen LogP contribution in [0.3, 0.4) is 0 Å². The zero-order valence-electron chi connectivity index (χ0n) is 19.7. The molecule has 0 bridgehead atoms. The van der Waals surface area contributed by atoms with Gasteiger partial charge in [0.15, 0.2) is 11.5 Å². The Morgan fingerprint density at radius 3 is 2.31 bits per heavy atom. The van der Waals surface area contributed by atoms with Crippen molar-refractivity contribution in [1.29, 1.82) is 0 Å². The third kappa shape index (κ3) is 4.10. The number of ether oxygens (including phenoxy) is 2. The molecule has 1 aromatic heterocycles. The smallest absolute Gasteiger partial charge is 0.259 e. The number of aryl methyl sites for hydroxylation is 1. The Hall–Kier alpha value is -3.90. The van der Waals surface area contributed by atoms with Gasteiger partial charge in [0.05, 0.1) is 17.3 Å². The highest BCUT2D eigenvalue weighted by molar-refractivity contribution is 5.44. The van der Waals surface area contributed by atoms with Crippen molar-refractivity contribution < 1.29 is 9.47 Å². The Balaban J connectivity index is 1.37. The van der Waals surface area contributed by atoms with Gasteiger partial charge in [0.2, 0.25) is 6.79 Å². The molecule has 0 spiro atoms. The first-order valence-corrected chi connectivity index (χ1v) is 12.0. The first-order valence-electron chi connectivity index (χ1n) is 12.0. The molecule has 2 aliphatic rings. The molecule has 176 valence electrons. The summed E-state index contributed by atoms with van der Waals surface area (Å²) < 4.78 is 12.8. The third-order valence-electron chi connectivity index (χ3n) is 6.85. The van der Waals surface area contributed by atoms with Gasteiger partial charge in [-0.05, 0) is 35.7 Å². The molecule has 35 heavy (non-hydrogen) atoms. The lowest BCUT2D eigenvalue weighted by Gasteiger charge is -2.30. The highest BCUT2D eigenvalue weighted by Crippen LogP contribution is 2.33. The van der Waals surface area contributed by atoms with E-state index in [4.69, 9.17) is 14.5 Å². The van der Waals surface area contributed by atoms with Gasteiger partial charge < -0.3 is 9.47 Å². The molecule has 2 aliphatic heterocycles. The molecule has 6 nitrogen and oxygen atoms in total. The van der Waals surface area contributed by atoms with E-state index in [1.54, 1.807) is 0 Å². The molecule has 0 aliphatic carbocycles. The monoisotopic (exact) mass is 465 g/mol. The van der Waals surface area contributed by atoms with Crippen molar-refractivity contribution >= 4 is 0 Å². The molecular formula is C29H27N3O3. The minimum Gasteiger partial charge on any atom is -0.454 e. The lowest BCUT2D eigenvalue weighted by atomic mass is 9.97. The lowest BCUT2D eigenvalue weighted by Crippen LogP contribution is -2.40. The fourth-order valence-corrected chi connectivity index (χ4v) is 5.16. The van der Waals surface area contributed by atoms with E-state index in [0.717, 1.165) is 64.8 Å². The molecule has 0 saturated heterocycles.